The maximum Gasteiger partial charge on any atom is 0.225 e. The molecule has 0 aliphatic carbocycles. The molecule has 0 radical (unpaired) electrons. The first-order valence-corrected chi connectivity index (χ1v) is 10.2. The predicted octanol–water partition coefficient (Wildman–Crippen LogP) is 2.13. The lowest BCUT2D eigenvalue weighted by molar-refractivity contribution is -0.120. The lowest BCUT2D eigenvalue weighted by Gasteiger charge is -2.29. The number of nitrogens with zero attached hydrogens (tertiary/aromatic N) is 3. The highest BCUT2D eigenvalue weighted by Gasteiger charge is 2.63. The fourth-order valence-corrected chi connectivity index (χ4v) is 5.35. The van der Waals surface area contributed by atoms with Crippen LogP contribution >= 0.6 is 0 Å². The average molecular weight is 378 g/mol. The summed E-state index contributed by atoms with van der Waals surface area (Å²) in [4.78, 5) is 23.6. The summed E-state index contributed by atoms with van der Waals surface area (Å²) >= 11 is 0. The van der Waals surface area contributed by atoms with Crippen molar-refractivity contribution in [1.82, 2.24) is 15.3 Å². The third kappa shape index (κ3) is 2.96. The first kappa shape index (κ1) is 17.6. The Balaban J connectivity index is 1.24. The second kappa shape index (κ2) is 6.85. The van der Waals surface area contributed by atoms with Gasteiger partial charge >= 0.3 is 0 Å². The molecule has 3 aliphatic rings. The molecule has 1 aromatic heterocycles. The molecule has 4 atom stereocenters. The third-order valence-electron chi connectivity index (χ3n) is 6.77. The average Bonchev–Trinajstić information content (AvgIpc) is 3.37. The van der Waals surface area contributed by atoms with Gasteiger partial charge in [0.1, 0.15) is 0 Å². The second-order valence-corrected chi connectivity index (χ2v) is 8.37. The Morgan fingerprint density at radius 3 is 2.93 bits per heavy atom. The van der Waals surface area contributed by atoms with Crippen molar-refractivity contribution < 1.29 is 9.53 Å². The number of carbonyl (C=O) groups is 1. The lowest BCUT2D eigenvalue weighted by atomic mass is 9.73. The lowest BCUT2D eigenvalue weighted by Crippen LogP contribution is -2.42. The number of benzene rings is 1. The van der Waals surface area contributed by atoms with Gasteiger partial charge in [0, 0.05) is 37.3 Å². The van der Waals surface area contributed by atoms with Gasteiger partial charge in [-0.15, -0.1) is 0 Å². The smallest absolute Gasteiger partial charge is 0.225 e. The van der Waals surface area contributed by atoms with Gasteiger partial charge in [0.2, 0.25) is 11.9 Å². The van der Waals surface area contributed by atoms with Crippen molar-refractivity contribution in [3.05, 3.63) is 53.9 Å². The molecule has 3 saturated heterocycles. The van der Waals surface area contributed by atoms with E-state index in [1.165, 1.54) is 0 Å². The normalized spacial score (nSPS) is 30.5. The van der Waals surface area contributed by atoms with Crippen molar-refractivity contribution in [1.29, 1.82) is 0 Å². The van der Waals surface area contributed by atoms with E-state index in [1.807, 2.05) is 24.3 Å². The standard InChI is InChI=1S/C22H26N4O2/c1-15-5-2-3-6-16(15)11-20(27)25-12-17-18-13-26(21-23-9-4-10-24-21)14-22(18)8-7-19(17)28-22/h2-6,9-10,17-19H,7-8,11-14H2,1H3,(H,25,27)/t17-,18+,19+,22+/m0/s1. The van der Waals surface area contributed by atoms with Gasteiger partial charge < -0.3 is 15.0 Å². The van der Waals surface area contributed by atoms with Crippen LogP contribution < -0.4 is 10.2 Å². The van der Waals surface area contributed by atoms with Crippen molar-refractivity contribution in [3.63, 3.8) is 0 Å². The molecule has 2 bridgehead atoms. The SMILES string of the molecule is Cc1ccccc1CC(=O)NC[C@H]1[C@H]2CN(c3ncccn3)C[C@]23CC[C@H]1O3. The largest absolute Gasteiger partial charge is 0.369 e. The summed E-state index contributed by atoms with van der Waals surface area (Å²) in [7, 11) is 0. The Labute approximate surface area is 165 Å². The van der Waals surface area contributed by atoms with Crippen LogP contribution in [0.5, 0.6) is 0 Å². The predicted molar refractivity (Wildman–Crippen MR) is 106 cm³/mol. The van der Waals surface area contributed by atoms with Crippen LogP contribution in [0.4, 0.5) is 5.95 Å². The molecule has 2 aromatic rings. The van der Waals surface area contributed by atoms with Gasteiger partial charge in [0.25, 0.3) is 0 Å². The first-order chi connectivity index (χ1) is 13.6. The number of aryl methyl sites for hydroxylation is 1. The van der Waals surface area contributed by atoms with E-state index in [9.17, 15) is 4.79 Å². The number of hydrogen-bond acceptors (Lipinski definition) is 5. The maximum absolute atomic E-state index is 12.5. The van der Waals surface area contributed by atoms with Crippen LogP contribution in [0.25, 0.3) is 0 Å². The Hall–Kier alpha value is -2.47. The molecule has 6 heteroatoms. The number of rotatable bonds is 5. The van der Waals surface area contributed by atoms with E-state index in [0.717, 1.165) is 43.0 Å². The molecule has 1 amide bonds. The molecular weight excluding hydrogens is 352 g/mol. The van der Waals surface area contributed by atoms with Crippen LogP contribution in [-0.4, -0.2) is 47.2 Å². The Bertz CT molecular complexity index is 874. The first-order valence-electron chi connectivity index (χ1n) is 10.2. The van der Waals surface area contributed by atoms with Crippen molar-refractivity contribution >= 4 is 11.9 Å². The fraction of sp³-hybridized carbons (Fsp3) is 0.500. The van der Waals surface area contributed by atoms with Gasteiger partial charge in [-0.2, -0.15) is 0 Å². The molecule has 1 N–H and O–H groups in total. The zero-order valence-corrected chi connectivity index (χ0v) is 16.2. The van der Waals surface area contributed by atoms with E-state index < -0.39 is 0 Å². The maximum atomic E-state index is 12.5. The minimum absolute atomic E-state index is 0.0880. The van der Waals surface area contributed by atoms with Crippen LogP contribution in [0, 0.1) is 18.8 Å². The van der Waals surface area contributed by atoms with Gasteiger partial charge in [-0.25, -0.2) is 9.97 Å². The molecule has 146 valence electrons. The molecule has 1 spiro atoms. The molecular formula is C22H26N4O2. The van der Waals surface area contributed by atoms with Crippen LogP contribution in [0.2, 0.25) is 0 Å². The van der Waals surface area contributed by atoms with Crippen LogP contribution in [-0.2, 0) is 16.0 Å². The number of hydrogen-bond donors (Lipinski definition) is 1. The minimum Gasteiger partial charge on any atom is -0.369 e. The number of anilines is 1. The van der Waals surface area contributed by atoms with Crippen LogP contribution in [0.3, 0.4) is 0 Å². The zero-order chi connectivity index (χ0) is 19.1. The summed E-state index contributed by atoms with van der Waals surface area (Å²) < 4.78 is 6.47. The highest BCUT2D eigenvalue weighted by Crippen LogP contribution is 2.54. The molecule has 5 rings (SSSR count). The highest BCUT2D eigenvalue weighted by molar-refractivity contribution is 5.78. The Morgan fingerprint density at radius 1 is 1.29 bits per heavy atom. The van der Waals surface area contributed by atoms with Gasteiger partial charge in [-0.3, -0.25) is 4.79 Å². The molecule has 0 saturated carbocycles. The molecule has 6 nitrogen and oxygen atoms in total. The topological polar surface area (TPSA) is 67.4 Å². The van der Waals surface area contributed by atoms with E-state index in [0.29, 0.717) is 24.8 Å². The Kier molecular flexibility index (Phi) is 4.31. The summed E-state index contributed by atoms with van der Waals surface area (Å²) in [5.41, 5.74) is 2.16. The van der Waals surface area contributed by atoms with E-state index in [2.05, 4.69) is 33.2 Å². The van der Waals surface area contributed by atoms with Gasteiger partial charge in [0.15, 0.2) is 0 Å². The summed E-state index contributed by atoms with van der Waals surface area (Å²) in [6.45, 7) is 4.49. The monoisotopic (exact) mass is 378 g/mol. The van der Waals surface area contributed by atoms with Gasteiger partial charge in [-0.1, -0.05) is 24.3 Å². The van der Waals surface area contributed by atoms with E-state index in [1.54, 1.807) is 12.4 Å². The summed E-state index contributed by atoms with van der Waals surface area (Å²) in [5.74, 6) is 1.66. The second-order valence-electron chi connectivity index (χ2n) is 8.37. The number of aromatic nitrogens is 2. The number of fused-ring (bicyclic) bond motifs is 1. The Morgan fingerprint density at radius 2 is 2.11 bits per heavy atom. The number of carbonyl (C=O) groups excluding carboxylic acids is 1. The molecule has 4 heterocycles. The minimum atomic E-state index is -0.0880. The zero-order valence-electron chi connectivity index (χ0n) is 16.2. The highest BCUT2D eigenvalue weighted by atomic mass is 16.5. The molecule has 3 aliphatic heterocycles. The summed E-state index contributed by atoms with van der Waals surface area (Å²) in [6, 6.07) is 9.91. The van der Waals surface area contributed by atoms with Gasteiger partial charge in [0.05, 0.1) is 24.7 Å². The number of nitrogens with one attached hydrogen (secondary N) is 1. The molecule has 0 unspecified atom stereocenters. The number of amides is 1. The van der Waals surface area contributed by atoms with E-state index >= 15 is 0 Å². The van der Waals surface area contributed by atoms with E-state index in [4.69, 9.17) is 4.74 Å². The van der Waals surface area contributed by atoms with Gasteiger partial charge in [-0.05, 0) is 37.0 Å². The number of ether oxygens (including phenoxy) is 1. The van der Waals surface area contributed by atoms with Crippen molar-refractivity contribution in [2.75, 3.05) is 24.5 Å². The molecule has 3 fully saturated rings. The van der Waals surface area contributed by atoms with Crippen molar-refractivity contribution in [2.24, 2.45) is 11.8 Å². The summed E-state index contributed by atoms with van der Waals surface area (Å²) in [5, 5.41) is 3.18. The fourth-order valence-electron chi connectivity index (χ4n) is 5.35. The van der Waals surface area contributed by atoms with E-state index in [-0.39, 0.29) is 17.6 Å². The molecule has 1 aromatic carbocycles. The quantitative estimate of drug-likeness (QED) is 0.863. The third-order valence-corrected chi connectivity index (χ3v) is 6.77. The summed E-state index contributed by atoms with van der Waals surface area (Å²) in [6.07, 6.45) is 6.45. The van der Waals surface area contributed by atoms with Crippen molar-refractivity contribution in [2.45, 2.75) is 37.9 Å². The van der Waals surface area contributed by atoms with Crippen molar-refractivity contribution in [3.8, 4) is 0 Å². The van der Waals surface area contributed by atoms with Crippen LogP contribution in [0.15, 0.2) is 42.7 Å². The van der Waals surface area contributed by atoms with Crippen LogP contribution in [0.1, 0.15) is 24.0 Å². The molecule has 28 heavy (non-hydrogen) atoms.